The number of thiophene rings is 1. The van der Waals surface area contributed by atoms with Crippen LogP contribution in [0.3, 0.4) is 0 Å². The monoisotopic (exact) mass is 424 g/mol. The second kappa shape index (κ2) is 6.66. The zero-order valence-corrected chi connectivity index (χ0v) is 15.7. The van der Waals surface area contributed by atoms with Crippen LogP contribution in [0.25, 0.3) is 10.7 Å². The van der Waals surface area contributed by atoms with Crippen LogP contribution in [0.5, 0.6) is 11.5 Å². The third-order valence-electron chi connectivity index (χ3n) is 3.47. The Morgan fingerprint density at radius 2 is 2.04 bits per heavy atom. The number of thioether (sulfide) groups is 1. The fourth-order valence-corrected chi connectivity index (χ4v) is 4.51. The van der Waals surface area contributed by atoms with Crippen molar-refractivity contribution in [2.45, 2.75) is 10.9 Å². The van der Waals surface area contributed by atoms with Gasteiger partial charge < -0.3 is 15.3 Å². The molecule has 6 nitrogen and oxygen atoms in total. The third kappa shape index (κ3) is 2.99. The van der Waals surface area contributed by atoms with Gasteiger partial charge in [-0.05, 0) is 29.1 Å². The van der Waals surface area contributed by atoms with Crippen molar-refractivity contribution in [3.63, 3.8) is 0 Å². The number of hydrogen-bond acceptors (Lipinski definition) is 7. The topological polar surface area (TPSA) is 75.2 Å². The Morgan fingerprint density at radius 3 is 2.79 bits per heavy atom. The minimum Gasteiger partial charge on any atom is -0.486 e. The maximum atomic E-state index is 6.13. The van der Waals surface area contributed by atoms with E-state index in [9.17, 15) is 0 Å². The molecule has 0 bridgehead atoms. The number of halogens is 1. The SMILES string of the molecule is Nn1c(SCc2cc3c(cc2Br)OCCO3)nnc1-c1cccs1. The summed E-state index contributed by atoms with van der Waals surface area (Å²) in [6.45, 7) is 1.15. The first kappa shape index (κ1) is 15.8. The van der Waals surface area contributed by atoms with Gasteiger partial charge in [0, 0.05) is 10.2 Å². The second-order valence-electron chi connectivity index (χ2n) is 5.03. The van der Waals surface area contributed by atoms with Gasteiger partial charge in [-0.25, -0.2) is 4.68 Å². The standard InChI is InChI=1S/C15H13BrN4O2S2/c16-10-7-12-11(21-3-4-22-12)6-9(10)8-24-15-19-18-14(20(15)17)13-2-1-5-23-13/h1-2,5-7H,3-4,8,17H2. The third-order valence-corrected chi connectivity index (χ3v) is 6.07. The molecule has 0 spiro atoms. The number of ether oxygens (including phenoxy) is 2. The van der Waals surface area contributed by atoms with Crippen molar-refractivity contribution in [3.8, 4) is 22.2 Å². The van der Waals surface area contributed by atoms with E-state index in [0.717, 1.165) is 26.4 Å². The van der Waals surface area contributed by atoms with Gasteiger partial charge in [-0.1, -0.05) is 33.8 Å². The molecule has 0 fully saturated rings. The molecule has 0 saturated heterocycles. The molecule has 0 saturated carbocycles. The smallest absolute Gasteiger partial charge is 0.210 e. The normalized spacial score (nSPS) is 13.2. The molecule has 2 aromatic heterocycles. The molecule has 0 amide bonds. The highest BCUT2D eigenvalue weighted by Crippen LogP contribution is 2.37. The average molecular weight is 425 g/mol. The van der Waals surface area contributed by atoms with Crippen molar-refractivity contribution in [3.05, 3.63) is 39.7 Å². The number of nitrogens with zero attached hydrogens (tertiary/aromatic N) is 3. The quantitative estimate of drug-likeness (QED) is 0.509. The number of aromatic nitrogens is 3. The van der Waals surface area contributed by atoms with Gasteiger partial charge in [-0.15, -0.1) is 21.5 Å². The number of benzene rings is 1. The van der Waals surface area contributed by atoms with Crippen LogP contribution in [0.4, 0.5) is 0 Å². The Kier molecular flexibility index (Phi) is 4.38. The van der Waals surface area contributed by atoms with Gasteiger partial charge in [0.1, 0.15) is 13.2 Å². The Hall–Kier alpha value is -1.71. The molecule has 3 heterocycles. The summed E-state index contributed by atoms with van der Waals surface area (Å²) in [5, 5.41) is 11.0. The zero-order valence-electron chi connectivity index (χ0n) is 12.4. The van der Waals surface area contributed by atoms with Crippen LogP contribution in [-0.4, -0.2) is 28.1 Å². The van der Waals surface area contributed by atoms with Crippen molar-refractivity contribution >= 4 is 39.0 Å². The summed E-state index contributed by atoms with van der Waals surface area (Å²) in [4.78, 5) is 0.998. The van der Waals surface area contributed by atoms with Crippen LogP contribution >= 0.6 is 39.0 Å². The fourth-order valence-electron chi connectivity index (χ4n) is 2.31. The Morgan fingerprint density at radius 1 is 1.25 bits per heavy atom. The molecule has 2 N–H and O–H groups in total. The number of nitrogens with two attached hydrogens (primary N) is 1. The molecule has 0 radical (unpaired) electrons. The summed E-state index contributed by atoms with van der Waals surface area (Å²) < 4.78 is 13.7. The van der Waals surface area contributed by atoms with E-state index < -0.39 is 0 Å². The number of nitrogen functional groups attached to an aromatic ring is 1. The Labute approximate surface area is 155 Å². The average Bonchev–Trinajstić information content (AvgIpc) is 3.23. The number of hydrogen-bond donors (Lipinski definition) is 1. The largest absolute Gasteiger partial charge is 0.486 e. The van der Waals surface area contributed by atoms with E-state index >= 15 is 0 Å². The van der Waals surface area contributed by atoms with Crippen molar-refractivity contribution in [1.29, 1.82) is 0 Å². The molecule has 1 aliphatic rings. The van der Waals surface area contributed by atoms with Gasteiger partial charge in [0.25, 0.3) is 0 Å². The molecular weight excluding hydrogens is 412 g/mol. The molecular formula is C15H13BrN4O2S2. The summed E-state index contributed by atoms with van der Waals surface area (Å²) in [5.74, 6) is 9.03. The van der Waals surface area contributed by atoms with Crippen LogP contribution in [0.1, 0.15) is 5.56 Å². The lowest BCUT2D eigenvalue weighted by molar-refractivity contribution is 0.171. The molecule has 0 atom stereocenters. The molecule has 124 valence electrons. The molecule has 1 aliphatic heterocycles. The molecule has 0 unspecified atom stereocenters. The van der Waals surface area contributed by atoms with Crippen LogP contribution in [0, 0.1) is 0 Å². The molecule has 1 aromatic carbocycles. The molecule has 24 heavy (non-hydrogen) atoms. The van der Waals surface area contributed by atoms with E-state index in [0.29, 0.717) is 29.9 Å². The van der Waals surface area contributed by atoms with Gasteiger partial charge >= 0.3 is 0 Å². The minimum absolute atomic E-state index is 0.572. The van der Waals surface area contributed by atoms with Crippen LogP contribution in [0.15, 0.2) is 39.3 Å². The van der Waals surface area contributed by atoms with E-state index in [1.54, 1.807) is 11.3 Å². The van der Waals surface area contributed by atoms with Crippen molar-refractivity contribution in [1.82, 2.24) is 14.9 Å². The van der Waals surface area contributed by atoms with E-state index in [4.69, 9.17) is 15.3 Å². The minimum atomic E-state index is 0.572. The lowest BCUT2D eigenvalue weighted by Crippen LogP contribution is -2.15. The Balaban J connectivity index is 1.53. The highest BCUT2D eigenvalue weighted by molar-refractivity contribution is 9.10. The summed E-state index contributed by atoms with van der Waals surface area (Å²) >= 11 is 6.69. The van der Waals surface area contributed by atoms with Crippen LogP contribution in [-0.2, 0) is 5.75 Å². The van der Waals surface area contributed by atoms with Crippen LogP contribution < -0.4 is 15.3 Å². The molecule has 9 heteroatoms. The van der Waals surface area contributed by atoms with Crippen molar-refractivity contribution in [2.24, 2.45) is 0 Å². The fraction of sp³-hybridized carbons (Fsp3) is 0.200. The molecule has 0 aliphatic carbocycles. The van der Waals surface area contributed by atoms with Gasteiger partial charge in [-0.2, -0.15) is 0 Å². The molecule has 4 rings (SSSR count). The van der Waals surface area contributed by atoms with Gasteiger partial charge in [0.15, 0.2) is 17.3 Å². The van der Waals surface area contributed by atoms with E-state index in [2.05, 4.69) is 26.1 Å². The van der Waals surface area contributed by atoms with Gasteiger partial charge in [0.05, 0.1) is 4.88 Å². The summed E-state index contributed by atoms with van der Waals surface area (Å²) in [7, 11) is 0. The number of rotatable bonds is 4. The van der Waals surface area contributed by atoms with E-state index in [1.807, 2.05) is 29.6 Å². The maximum absolute atomic E-state index is 6.13. The Bertz CT molecular complexity index is 867. The second-order valence-corrected chi connectivity index (χ2v) is 7.77. The lowest BCUT2D eigenvalue weighted by Gasteiger charge is -2.19. The zero-order chi connectivity index (χ0) is 16.5. The summed E-state index contributed by atoms with van der Waals surface area (Å²) in [6, 6.07) is 7.87. The van der Waals surface area contributed by atoms with Crippen molar-refractivity contribution < 1.29 is 9.47 Å². The van der Waals surface area contributed by atoms with E-state index in [-0.39, 0.29) is 0 Å². The first-order valence-electron chi connectivity index (χ1n) is 7.17. The molecule has 3 aromatic rings. The van der Waals surface area contributed by atoms with Gasteiger partial charge in [0.2, 0.25) is 5.16 Å². The highest BCUT2D eigenvalue weighted by atomic mass is 79.9. The van der Waals surface area contributed by atoms with Crippen molar-refractivity contribution in [2.75, 3.05) is 19.1 Å². The first-order chi connectivity index (χ1) is 11.7. The first-order valence-corrected chi connectivity index (χ1v) is 9.83. The predicted molar refractivity (Wildman–Crippen MR) is 98.2 cm³/mol. The van der Waals surface area contributed by atoms with E-state index in [1.165, 1.54) is 16.4 Å². The van der Waals surface area contributed by atoms with Gasteiger partial charge in [-0.3, -0.25) is 0 Å². The predicted octanol–water partition coefficient (Wildman–Crippen LogP) is 3.55. The summed E-state index contributed by atoms with van der Waals surface area (Å²) in [5.41, 5.74) is 1.09. The highest BCUT2D eigenvalue weighted by Gasteiger charge is 2.17. The van der Waals surface area contributed by atoms with Crippen LogP contribution in [0.2, 0.25) is 0 Å². The number of fused-ring (bicyclic) bond motifs is 1. The maximum Gasteiger partial charge on any atom is 0.210 e. The summed E-state index contributed by atoms with van der Waals surface area (Å²) in [6.07, 6.45) is 0. The lowest BCUT2D eigenvalue weighted by atomic mass is 10.2.